The van der Waals surface area contributed by atoms with Gasteiger partial charge in [-0.3, -0.25) is 4.79 Å². The van der Waals surface area contributed by atoms with Crippen molar-refractivity contribution in [1.82, 2.24) is 10.3 Å². The molecule has 1 amide bonds. The van der Waals surface area contributed by atoms with Crippen molar-refractivity contribution in [1.29, 1.82) is 0 Å². The lowest BCUT2D eigenvalue weighted by atomic mass is 9.99. The van der Waals surface area contributed by atoms with Crippen molar-refractivity contribution in [2.45, 2.75) is 11.3 Å². The van der Waals surface area contributed by atoms with Gasteiger partial charge in [-0.05, 0) is 23.3 Å². The summed E-state index contributed by atoms with van der Waals surface area (Å²) in [5, 5.41) is 3.63. The number of nitrogens with one attached hydrogen (secondary N) is 1. The fourth-order valence-electron chi connectivity index (χ4n) is 2.89. The summed E-state index contributed by atoms with van der Waals surface area (Å²) < 4.78 is 5.66. The fourth-order valence-corrected chi connectivity index (χ4v) is 3.54. The van der Waals surface area contributed by atoms with Gasteiger partial charge in [-0.1, -0.05) is 84.6 Å². The van der Waals surface area contributed by atoms with Crippen molar-refractivity contribution in [3.05, 3.63) is 96.1 Å². The van der Waals surface area contributed by atoms with E-state index in [1.165, 1.54) is 11.8 Å². The van der Waals surface area contributed by atoms with E-state index in [1.807, 2.05) is 84.9 Å². The standard InChI is InChI=1S/C22H18N2O2S/c25-20(15-27-22-23-18-13-7-8-14-19(18)26-22)24-21(16-9-3-1-4-10-16)17-11-5-2-6-12-17/h1-14,21H,15H2,(H,24,25). The summed E-state index contributed by atoms with van der Waals surface area (Å²) in [5.41, 5.74) is 3.62. The second kappa shape index (κ2) is 8.10. The van der Waals surface area contributed by atoms with Crippen molar-refractivity contribution >= 4 is 28.8 Å². The predicted octanol–water partition coefficient (Wildman–Crippen LogP) is 4.83. The average Bonchev–Trinajstić information content (AvgIpc) is 3.15. The van der Waals surface area contributed by atoms with Gasteiger partial charge in [0.25, 0.3) is 5.22 Å². The number of carbonyl (C=O) groups excluding carboxylic acids is 1. The van der Waals surface area contributed by atoms with E-state index in [4.69, 9.17) is 4.42 Å². The number of nitrogens with zero attached hydrogens (tertiary/aromatic N) is 1. The molecule has 0 atom stereocenters. The molecule has 1 N–H and O–H groups in total. The van der Waals surface area contributed by atoms with Gasteiger partial charge in [0.05, 0.1) is 11.8 Å². The lowest BCUT2D eigenvalue weighted by Gasteiger charge is -2.19. The monoisotopic (exact) mass is 374 g/mol. The smallest absolute Gasteiger partial charge is 0.257 e. The Labute approximate surface area is 161 Å². The van der Waals surface area contributed by atoms with E-state index in [9.17, 15) is 4.79 Å². The molecular weight excluding hydrogens is 356 g/mol. The van der Waals surface area contributed by atoms with Gasteiger partial charge in [-0.25, -0.2) is 4.98 Å². The van der Waals surface area contributed by atoms with Gasteiger partial charge in [-0.2, -0.15) is 0 Å². The van der Waals surface area contributed by atoms with Crippen LogP contribution in [0.5, 0.6) is 0 Å². The lowest BCUT2D eigenvalue weighted by Crippen LogP contribution is -2.30. The number of hydrogen-bond donors (Lipinski definition) is 1. The highest BCUT2D eigenvalue weighted by molar-refractivity contribution is 7.99. The molecule has 4 rings (SSSR count). The van der Waals surface area contributed by atoms with E-state index in [0.29, 0.717) is 5.22 Å². The van der Waals surface area contributed by atoms with Crippen LogP contribution in [-0.4, -0.2) is 16.6 Å². The zero-order valence-corrected chi connectivity index (χ0v) is 15.4. The first-order valence-electron chi connectivity index (χ1n) is 8.67. The predicted molar refractivity (Wildman–Crippen MR) is 108 cm³/mol. The molecule has 27 heavy (non-hydrogen) atoms. The highest BCUT2D eigenvalue weighted by atomic mass is 32.2. The average molecular weight is 374 g/mol. The van der Waals surface area contributed by atoms with E-state index in [0.717, 1.165) is 22.2 Å². The Balaban J connectivity index is 1.47. The number of oxazole rings is 1. The van der Waals surface area contributed by atoms with Crippen LogP contribution in [0.15, 0.2) is 94.6 Å². The Morgan fingerprint density at radius 1 is 0.889 bits per heavy atom. The molecule has 0 saturated heterocycles. The molecule has 4 nitrogen and oxygen atoms in total. The van der Waals surface area contributed by atoms with Crippen molar-refractivity contribution in [2.75, 3.05) is 5.75 Å². The second-order valence-electron chi connectivity index (χ2n) is 6.06. The van der Waals surface area contributed by atoms with Crippen LogP contribution >= 0.6 is 11.8 Å². The number of benzene rings is 3. The van der Waals surface area contributed by atoms with Gasteiger partial charge < -0.3 is 9.73 Å². The largest absolute Gasteiger partial charge is 0.431 e. The van der Waals surface area contributed by atoms with Crippen LogP contribution in [0, 0.1) is 0 Å². The molecule has 0 aliphatic heterocycles. The molecule has 0 fully saturated rings. The number of rotatable bonds is 6. The molecule has 0 radical (unpaired) electrons. The number of para-hydroxylation sites is 2. The number of carbonyl (C=O) groups is 1. The van der Waals surface area contributed by atoms with E-state index >= 15 is 0 Å². The highest BCUT2D eigenvalue weighted by Crippen LogP contribution is 2.25. The summed E-state index contributed by atoms with van der Waals surface area (Å²) in [6.45, 7) is 0. The third kappa shape index (κ3) is 4.20. The summed E-state index contributed by atoms with van der Waals surface area (Å²) in [7, 11) is 0. The molecule has 0 aliphatic rings. The van der Waals surface area contributed by atoms with Crippen LogP contribution in [0.25, 0.3) is 11.1 Å². The summed E-state index contributed by atoms with van der Waals surface area (Å²) in [4.78, 5) is 17.0. The van der Waals surface area contributed by atoms with Crippen LogP contribution in [0.4, 0.5) is 0 Å². The SMILES string of the molecule is O=C(CSc1nc2ccccc2o1)NC(c1ccccc1)c1ccccc1. The first kappa shape index (κ1) is 17.4. The maximum atomic E-state index is 12.6. The third-order valence-electron chi connectivity index (χ3n) is 4.17. The van der Waals surface area contributed by atoms with Gasteiger partial charge >= 0.3 is 0 Å². The van der Waals surface area contributed by atoms with Gasteiger partial charge in [0.1, 0.15) is 5.52 Å². The molecule has 0 unspecified atom stereocenters. The molecule has 0 saturated carbocycles. The third-order valence-corrected chi connectivity index (χ3v) is 5.00. The Kier molecular flexibility index (Phi) is 5.21. The molecule has 1 heterocycles. The first-order valence-corrected chi connectivity index (χ1v) is 9.66. The molecule has 1 aromatic heterocycles. The van der Waals surface area contributed by atoms with Crippen LogP contribution in [0.3, 0.4) is 0 Å². The van der Waals surface area contributed by atoms with Gasteiger partial charge in [0, 0.05) is 0 Å². The zero-order chi connectivity index (χ0) is 18.5. The number of fused-ring (bicyclic) bond motifs is 1. The van der Waals surface area contributed by atoms with E-state index in [-0.39, 0.29) is 17.7 Å². The Bertz CT molecular complexity index is 959. The quantitative estimate of drug-likeness (QED) is 0.491. The minimum Gasteiger partial charge on any atom is -0.431 e. The van der Waals surface area contributed by atoms with E-state index in [1.54, 1.807) is 0 Å². The number of hydrogen-bond acceptors (Lipinski definition) is 4. The van der Waals surface area contributed by atoms with Crippen LogP contribution in [0.2, 0.25) is 0 Å². The minimum atomic E-state index is -0.191. The maximum absolute atomic E-state index is 12.6. The van der Waals surface area contributed by atoms with Crippen LogP contribution < -0.4 is 5.32 Å². The van der Waals surface area contributed by atoms with Crippen LogP contribution in [-0.2, 0) is 4.79 Å². The van der Waals surface area contributed by atoms with Gasteiger partial charge in [-0.15, -0.1) is 0 Å². The molecule has 0 spiro atoms. The molecule has 5 heteroatoms. The summed E-state index contributed by atoms with van der Waals surface area (Å²) in [6, 6.07) is 27.3. The Morgan fingerprint density at radius 3 is 2.11 bits per heavy atom. The maximum Gasteiger partial charge on any atom is 0.257 e. The zero-order valence-electron chi connectivity index (χ0n) is 14.5. The summed E-state index contributed by atoms with van der Waals surface area (Å²) >= 11 is 1.30. The van der Waals surface area contributed by atoms with E-state index in [2.05, 4.69) is 10.3 Å². The molecule has 0 bridgehead atoms. The minimum absolute atomic E-state index is 0.0695. The molecule has 134 valence electrons. The topological polar surface area (TPSA) is 55.1 Å². The molecule has 0 aliphatic carbocycles. The van der Waals surface area contributed by atoms with Crippen molar-refractivity contribution in [2.24, 2.45) is 0 Å². The Hall–Kier alpha value is -3.05. The number of aromatic nitrogens is 1. The Morgan fingerprint density at radius 2 is 1.48 bits per heavy atom. The molecular formula is C22H18N2O2S. The normalized spacial score (nSPS) is 11.0. The second-order valence-corrected chi connectivity index (χ2v) is 6.98. The number of thioether (sulfide) groups is 1. The molecule has 3 aromatic carbocycles. The first-order chi connectivity index (χ1) is 13.3. The highest BCUT2D eigenvalue weighted by Gasteiger charge is 2.17. The van der Waals surface area contributed by atoms with Crippen molar-refractivity contribution in [3.63, 3.8) is 0 Å². The van der Waals surface area contributed by atoms with E-state index < -0.39 is 0 Å². The van der Waals surface area contributed by atoms with Gasteiger partial charge in [0.15, 0.2) is 5.58 Å². The summed E-state index contributed by atoms with van der Waals surface area (Å²) in [5.74, 6) is 0.170. The van der Waals surface area contributed by atoms with Crippen molar-refractivity contribution in [3.8, 4) is 0 Å². The van der Waals surface area contributed by atoms with Crippen molar-refractivity contribution < 1.29 is 9.21 Å². The van der Waals surface area contributed by atoms with Crippen LogP contribution in [0.1, 0.15) is 17.2 Å². The number of amides is 1. The van der Waals surface area contributed by atoms with Gasteiger partial charge in [0.2, 0.25) is 5.91 Å². The fraction of sp³-hybridized carbons (Fsp3) is 0.0909. The molecule has 4 aromatic rings. The lowest BCUT2D eigenvalue weighted by molar-refractivity contribution is -0.119. The summed E-state index contributed by atoms with van der Waals surface area (Å²) in [6.07, 6.45) is 0.